The summed E-state index contributed by atoms with van der Waals surface area (Å²) in [6.07, 6.45) is 1.64. The maximum absolute atomic E-state index is 12.1. The summed E-state index contributed by atoms with van der Waals surface area (Å²) in [5, 5.41) is 15.5. The van der Waals surface area contributed by atoms with E-state index in [0.29, 0.717) is 29.2 Å². The van der Waals surface area contributed by atoms with E-state index in [2.05, 4.69) is 10.6 Å². The van der Waals surface area contributed by atoms with Crippen LogP contribution < -0.4 is 10.6 Å². The molecule has 1 aromatic carbocycles. The molecule has 0 aliphatic heterocycles. The average Bonchev–Trinajstić information content (AvgIpc) is 2.79. The monoisotopic (exact) mass is 296 g/mol. The number of benzene rings is 1. The molecule has 108 valence electrons. The van der Waals surface area contributed by atoms with E-state index in [1.807, 2.05) is 0 Å². The molecule has 0 bridgehead atoms. The molecule has 1 fully saturated rings. The van der Waals surface area contributed by atoms with Crippen molar-refractivity contribution in [1.29, 1.82) is 0 Å². The Balaban J connectivity index is 2.09. The van der Waals surface area contributed by atoms with Crippen LogP contribution in [-0.2, 0) is 9.59 Å². The standard InChI is InChI=1S/C14H17ClN2O3/c1-8(18)16-12-7-9(5-6-11(12)15)17-14(20)10-3-2-4-13(10)19/h5-7,10,13,19H,2-4H2,1H3,(H,16,18)(H,17,20). The lowest BCUT2D eigenvalue weighted by molar-refractivity contribution is -0.122. The number of hydrogen-bond donors (Lipinski definition) is 3. The van der Waals surface area contributed by atoms with Gasteiger partial charge in [0.15, 0.2) is 0 Å². The van der Waals surface area contributed by atoms with Gasteiger partial charge in [-0.1, -0.05) is 11.6 Å². The highest BCUT2D eigenvalue weighted by atomic mass is 35.5. The summed E-state index contributed by atoms with van der Waals surface area (Å²) in [6.45, 7) is 1.39. The molecule has 1 aliphatic carbocycles. The Kier molecular flexibility index (Phi) is 4.62. The van der Waals surface area contributed by atoms with E-state index in [0.717, 1.165) is 6.42 Å². The summed E-state index contributed by atoms with van der Waals surface area (Å²) in [5.74, 6) is -0.803. The lowest BCUT2D eigenvalue weighted by Crippen LogP contribution is -2.28. The van der Waals surface area contributed by atoms with Gasteiger partial charge in [0.05, 0.1) is 22.7 Å². The van der Waals surface area contributed by atoms with Gasteiger partial charge in [-0.2, -0.15) is 0 Å². The van der Waals surface area contributed by atoms with Crippen molar-refractivity contribution >= 4 is 34.8 Å². The second kappa shape index (κ2) is 6.24. The van der Waals surface area contributed by atoms with Gasteiger partial charge in [-0.05, 0) is 37.5 Å². The van der Waals surface area contributed by atoms with Gasteiger partial charge in [-0.25, -0.2) is 0 Å². The molecular weight excluding hydrogens is 280 g/mol. The number of nitrogens with one attached hydrogen (secondary N) is 2. The Hall–Kier alpha value is -1.59. The summed E-state index contributed by atoms with van der Waals surface area (Å²) in [4.78, 5) is 23.1. The van der Waals surface area contributed by atoms with Gasteiger partial charge in [0.2, 0.25) is 11.8 Å². The molecule has 0 spiro atoms. The fraction of sp³-hybridized carbons (Fsp3) is 0.429. The Morgan fingerprint density at radius 1 is 1.30 bits per heavy atom. The maximum atomic E-state index is 12.1. The molecule has 0 aromatic heterocycles. The molecule has 3 N–H and O–H groups in total. The largest absolute Gasteiger partial charge is 0.392 e. The minimum Gasteiger partial charge on any atom is -0.392 e. The van der Waals surface area contributed by atoms with E-state index >= 15 is 0 Å². The summed E-state index contributed by atoms with van der Waals surface area (Å²) < 4.78 is 0. The van der Waals surface area contributed by atoms with Gasteiger partial charge >= 0.3 is 0 Å². The molecule has 0 heterocycles. The first-order chi connectivity index (χ1) is 9.47. The number of amides is 2. The molecule has 1 aliphatic rings. The molecular formula is C14H17ClN2O3. The maximum Gasteiger partial charge on any atom is 0.230 e. The summed E-state index contributed by atoms with van der Waals surface area (Å²) >= 11 is 5.96. The van der Waals surface area contributed by atoms with Crippen molar-refractivity contribution in [3.8, 4) is 0 Å². The lowest BCUT2D eigenvalue weighted by atomic mass is 10.1. The Morgan fingerprint density at radius 2 is 2.05 bits per heavy atom. The van der Waals surface area contributed by atoms with Crippen LogP contribution in [0.1, 0.15) is 26.2 Å². The number of aliphatic hydroxyl groups is 1. The highest BCUT2D eigenvalue weighted by Gasteiger charge is 2.31. The molecule has 1 saturated carbocycles. The first kappa shape index (κ1) is 14.8. The Bertz CT molecular complexity index is 533. The minimum atomic E-state index is -0.572. The molecule has 2 rings (SSSR count). The minimum absolute atomic E-state index is 0.203. The van der Waals surface area contributed by atoms with Crippen LogP contribution in [0.2, 0.25) is 5.02 Å². The first-order valence-corrected chi connectivity index (χ1v) is 6.91. The Morgan fingerprint density at radius 3 is 2.65 bits per heavy atom. The van der Waals surface area contributed by atoms with Crippen molar-refractivity contribution in [1.82, 2.24) is 0 Å². The molecule has 6 heteroatoms. The number of carbonyl (C=O) groups excluding carboxylic acids is 2. The van der Waals surface area contributed by atoms with Crippen molar-refractivity contribution in [2.24, 2.45) is 5.92 Å². The van der Waals surface area contributed by atoms with Crippen LogP contribution in [0, 0.1) is 5.92 Å². The molecule has 5 nitrogen and oxygen atoms in total. The van der Waals surface area contributed by atoms with Gasteiger partial charge < -0.3 is 15.7 Å². The van der Waals surface area contributed by atoms with Crippen LogP contribution in [0.4, 0.5) is 11.4 Å². The van der Waals surface area contributed by atoms with Crippen molar-refractivity contribution in [2.75, 3.05) is 10.6 Å². The van der Waals surface area contributed by atoms with Gasteiger partial charge in [0, 0.05) is 12.6 Å². The second-order valence-electron chi connectivity index (χ2n) is 4.97. The van der Waals surface area contributed by atoms with E-state index in [1.54, 1.807) is 18.2 Å². The highest BCUT2D eigenvalue weighted by Crippen LogP contribution is 2.29. The zero-order valence-electron chi connectivity index (χ0n) is 11.1. The SMILES string of the molecule is CC(=O)Nc1cc(NC(=O)C2CCCC2O)ccc1Cl. The average molecular weight is 297 g/mol. The summed E-state index contributed by atoms with van der Waals surface area (Å²) in [7, 11) is 0. The number of carbonyl (C=O) groups is 2. The van der Waals surface area contributed by atoms with Gasteiger partial charge in [0.25, 0.3) is 0 Å². The topological polar surface area (TPSA) is 78.4 Å². The van der Waals surface area contributed by atoms with Crippen LogP contribution in [-0.4, -0.2) is 23.0 Å². The van der Waals surface area contributed by atoms with Gasteiger partial charge in [-0.3, -0.25) is 9.59 Å². The fourth-order valence-electron chi connectivity index (χ4n) is 2.37. The van der Waals surface area contributed by atoms with E-state index in [9.17, 15) is 14.7 Å². The van der Waals surface area contributed by atoms with Crippen LogP contribution >= 0.6 is 11.6 Å². The number of anilines is 2. The summed E-state index contributed by atoms with van der Waals surface area (Å²) in [5.41, 5.74) is 0.992. The molecule has 0 radical (unpaired) electrons. The first-order valence-electron chi connectivity index (χ1n) is 6.53. The van der Waals surface area contributed by atoms with E-state index < -0.39 is 6.10 Å². The predicted octanol–water partition coefficient (Wildman–Crippen LogP) is 2.40. The van der Waals surface area contributed by atoms with E-state index in [-0.39, 0.29) is 17.7 Å². The smallest absolute Gasteiger partial charge is 0.230 e. The molecule has 20 heavy (non-hydrogen) atoms. The van der Waals surface area contributed by atoms with Gasteiger partial charge in [-0.15, -0.1) is 0 Å². The molecule has 0 saturated heterocycles. The highest BCUT2D eigenvalue weighted by molar-refractivity contribution is 6.33. The fourth-order valence-corrected chi connectivity index (χ4v) is 2.53. The zero-order chi connectivity index (χ0) is 14.7. The third-order valence-corrected chi connectivity index (χ3v) is 3.69. The van der Waals surface area contributed by atoms with Crippen LogP contribution in [0.25, 0.3) is 0 Å². The molecule has 2 unspecified atom stereocenters. The third-order valence-electron chi connectivity index (χ3n) is 3.36. The van der Waals surface area contributed by atoms with Gasteiger partial charge in [0.1, 0.15) is 0 Å². The van der Waals surface area contributed by atoms with Crippen molar-refractivity contribution in [2.45, 2.75) is 32.3 Å². The van der Waals surface area contributed by atoms with Crippen molar-refractivity contribution < 1.29 is 14.7 Å². The molecule has 2 amide bonds. The Labute approximate surface area is 122 Å². The quantitative estimate of drug-likeness (QED) is 0.801. The van der Waals surface area contributed by atoms with Crippen molar-refractivity contribution in [3.05, 3.63) is 23.2 Å². The second-order valence-corrected chi connectivity index (χ2v) is 5.38. The number of hydrogen-bond acceptors (Lipinski definition) is 3. The number of rotatable bonds is 3. The lowest BCUT2D eigenvalue weighted by Gasteiger charge is -2.15. The number of aliphatic hydroxyl groups excluding tert-OH is 1. The van der Waals surface area contributed by atoms with E-state index in [4.69, 9.17) is 11.6 Å². The summed E-state index contributed by atoms with van der Waals surface area (Å²) in [6, 6.07) is 4.86. The van der Waals surface area contributed by atoms with Crippen molar-refractivity contribution in [3.63, 3.8) is 0 Å². The molecule has 2 atom stereocenters. The predicted molar refractivity (Wildman–Crippen MR) is 77.7 cm³/mol. The number of halogens is 1. The van der Waals surface area contributed by atoms with Crippen LogP contribution in [0.5, 0.6) is 0 Å². The van der Waals surface area contributed by atoms with Crippen LogP contribution in [0.3, 0.4) is 0 Å². The third kappa shape index (κ3) is 3.49. The molecule has 1 aromatic rings. The normalized spacial score (nSPS) is 21.6. The van der Waals surface area contributed by atoms with E-state index in [1.165, 1.54) is 6.92 Å². The zero-order valence-corrected chi connectivity index (χ0v) is 11.9. The van der Waals surface area contributed by atoms with Crippen LogP contribution in [0.15, 0.2) is 18.2 Å².